The lowest BCUT2D eigenvalue weighted by Gasteiger charge is -2.25. The zero-order valence-corrected chi connectivity index (χ0v) is 34.7. The molecule has 1 aliphatic carbocycles. The van der Waals surface area contributed by atoms with Crippen LogP contribution in [0.5, 0.6) is 0 Å². The summed E-state index contributed by atoms with van der Waals surface area (Å²) >= 11 is 0. The number of allylic oxidation sites excluding steroid dienone is 6. The van der Waals surface area contributed by atoms with Gasteiger partial charge in [0.25, 0.3) is 0 Å². The molecular weight excluding hydrogens is 691 g/mol. The summed E-state index contributed by atoms with van der Waals surface area (Å²) in [6, 6.07) is -0.925. The van der Waals surface area contributed by atoms with Crippen molar-refractivity contribution in [3.8, 4) is 0 Å². The van der Waals surface area contributed by atoms with Crippen LogP contribution in [0.15, 0.2) is 48.6 Å². The average Bonchev–Trinajstić information content (AvgIpc) is 3.45. The van der Waals surface area contributed by atoms with Gasteiger partial charge in [0.05, 0.1) is 46.0 Å². The van der Waals surface area contributed by atoms with Crippen LogP contribution in [0.3, 0.4) is 0 Å². The number of phosphoric acid groups is 1. The van der Waals surface area contributed by atoms with E-state index in [1.807, 2.05) is 51.5 Å². The largest absolute Gasteiger partial charge is 0.472 e. The first kappa shape index (κ1) is 49.1. The Morgan fingerprint density at radius 2 is 1.49 bits per heavy atom. The van der Waals surface area contributed by atoms with Gasteiger partial charge < -0.3 is 24.9 Å². The van der Waals surface area contributed by atoms with Gasteiger partial charge in [0.15, 0.2) is 5.78 Å². The minimum atomic E-state index is -4.39. The number of rotatable bonds is 33. The Kier molecular flexibility index (Phi) is 27.2. The molecule has 306 valence electrons. The van der Waals surface area contributed by atoms with Crippen molar-refractivity contribution < 1.29 is 42.8 Å². The van der Waals surface area contributed by atoms with Gasteiger partial charge in [-0.05, 0) is 50.5 Å². The SMILES string of the molecule is CCCCCCCCCCCC/C=C/[C@@H](O)[C@H](COP(=O)(O)OCC[N+](C)(C)C)NC(=O)CCC/C=C\C[C@H]1C=CC(=O)[C@@H]1/C=C/[C@@H](O)CCCCC. The third kappa shape index (κ3) is 26.5. The molecule has 53 heavy (non-hydrogen) atoms. The van der Waals surface area contributed by atoms with Crippen LogP contribution in [0.2, 0.25) is 0 Å². The Morgan fingerprint density at radius 3 is 2.15 bits per heavy atom. The smallest absolute Gasteiger partial charge is 0.389 e. The molecule has 0 bridgehead atoms. The topological polar surface area (TPSA) is 142 Å². The highest BCUT2D eigenvalue weighted by Gasteiger charge is 2.28. The maximum atomic E-state index is 12.9. The summed E-state index contributed by atoms with van der Waals surface area (Å²) in [6.45, 7) is 4.50. The van der Waals surface area contributed by atoms with Crippen LogP contribution < -0.4 is 5.32 Å². The van der Waals surface area contributed by atoms with E-state index in [2.05, 4.69) is 19.2 Å². The zero-order valence-electron chi connectivity index (χ0n) is 33.8. The number of amides is 1. The second-order valence-corrected chi connectivity index (χ2v) is 17.1. The second-order valence-electron chi connectivity index (χ2n) is 15.7. The normalized spacial score (nSPS) is 19.4. The monoisotopic (exact) mass is 768 g/mol. The van der Waals surface area contributed by atoms with Gasteiger partial charge in [-0.25, -0.2) is 4.57 Å². The number of phosphoric ester groups is 1. The fraction of sp³-hybridized carbons (Fsp3) is 0.762. The Bertz CT molecular complexity index is 1150. The second kappa shape index (κ2) is 29.4. The summed E-state index contributed by atoms with van der Waals surface area (Å²) in [4.78, 5) is 35.5. The molecule has 1 unspecified atom stereocenters. The molecule has 1 rings (SSSR count). The van der Waals surface area contributed by atoms with E-state index in [0.717, 1.165) is 38.5 Å². The standard InChI is InChI=1S/C42H75N2O8P/c1-6-8-10-11-12-13-14-15-16-17-18-23-27-41(47)39(35-52-53(49,50)51-34-33-44(3,4)5)43-42(48)28-24-20-19-22-25-36-29-32-40(46)38(36)31-30-37(45)26-21-9-7-2/h19,22-23,27,29-32,36-39,41,45,47H,6-18,20-21,24-26,28,33-35H2,1-5H3,(H-,43,48,49,50)/p+1/b22-19-,27-23+,31-30+/t36-,37-,38+,39-,41+/m0/s1. The molecule has 0 saturated heterocycles. The molecule has 0 aromatic rings. The van der Waals surface area contributed by atoms with Crippen molar-refractivity contribution in [2.75, 3.05) is 40.9 Å². The van der Waals surface area contributed by atoms with Crippen molar-refractivity contribution >= 4 is 19.5 Å². The Hall–Kier alpha value is -1.91. The molecule has 6 atom stereocenters. The van der Waals surface area contributed by atoms with Gasteiger partial charge in [-0.1, -0.05) is 133 Å². The van der Waals surface area contributed by atoms with E-state index in [1.165, 1.54) is 51.4 Å². The van der Waals surface area contributed by atoms with E-state index in [4.69, 9.17) is 9.05 Å². The molecular formula is C42H76N2O8P+. The number of carbonyl (C=O) groups is 2. The lowest BCUT2D eigenvalue weighted by molar-refractivity contribution is -0.870. The molecule has 0 aromatic carbocycles. The van der Waals surface area contributed by atoms with E-state index in [-0.39, 0.29) is 43.2 Å². The summed E-state index contributed by atoms with van der Waals surface area (Å²) < 4.78 is 23.5. The maximum absolute atomic E-state index is 12.9. The zero-order chi connectivity index (χ0) is 39.4. The highest BCUT2D eigenvalue weighted by atomic mass is 31.2. The molecule has 1 aliphatic rings. The van der Waals surface area contributed by atoms with Crippen molar-refractivity contribution in [3.05, 3.63) is 48.6 Å². The number of ketones is 1. The Balaban J connectivity index is 2.58. The van der Waals surface area contributed by atoms with Gasteiger partial charge in [0, 0.05) is 12.3 Å². The van der Waals surface area contributed by atoms with Crippen LogP contribution in [0.1, 0.15) is 136 Å². The van der Waals surface area contributed by atoms with E-state index < -0.39 is 26.1 Å². The minimum absolute atomic E-state index is 0.0239. The van der Waals surface area contributed by atoms with Crippen LogP contribution in [-0.2, 0) is 23.2 Å². The maximum Gasteiger partial charge on any atom is 0.472 e. The predicted molar refractivity (Wildman–Crippen MR) is 216 cm³/mol. The van der Waals surface area contributed by atoms with Gasteiger partial charge in [-0.2, -0.15) is 0 Å². The highest BCUT2D eigenvalue weighted by molar-refractivity contribution is 7.47. The molecule has 11 heteroatoms. The molecule has 10 nitrogen and oxygen atoms in total. The lowest BCUT2D eigenvalue weighted by Crippen LogP contribution is -2.45. The minimum Gasteiger partial charge on any atom is -0.389 e. The number of quaternary nitrogens is 1. The fourth-order valence-electron chi connectivity index (χ4n) is 6.09. The Morgan fingerprint density at radius 1 is 0.868 bits per heavy atom. The fourth-order valence-corrected chi connectivity index (χ4v) is 6.82. The molecule has 0 heterocycles. The number of hydrogen-bond donors (Lipinski definition) is 4. The highest BCUT2D eigenvalue weighted by Crippen LogP contribution is 2.43. The Labute approximate surface area is 322 Å². The molecule has 1 amide bonds. The van der Waals surface area contributed by atoms with Crippen LogP contribution in [-0.4, -0.2) is 90.4 Å². The summed E-state index contributed by atoms with van der Waals surface area (Å²) in [5.74, 6) is -0.460. The average molecular weight is 768 g/mol. The molecule has 0 aromatic heterocycles. The summed E-state index contributed by atoms with van der Waals surface area (Å²) in [6.07, 6.45) is 32.3. The van der Waals surface area contributed by atoms with Crippen LogP contribution in [0.25, 0.3) is 0 Å². The summed E-state index contributed by atoms with van der Waals surface area (Å²) in [7, 11) is 1.44. The summed E-state index contributed by atoms with van der Waals surface area (Å²) in [5.41, 5.74) is 0. The molecule has 0 aliphatic heterocycles. The number of nitrogens with zero attached hydrogens (tertiary/aromatic N) is 1. The quantitative estimate of drug-likeness (QED) is 0.0225. The number of likely N-dealkylation sites (N-methyl/N-ethyl adjacent to an activating group) is 1. The van der Waals surface area contributed by atoms with Crippen LogP contribution in [0.4, 0.5) is 0 Å². The summed E-state index contributed by atoms with van der Waals surface area (Å²) in [5, 5.41) is 24.0. The number of aliphatic hydroxyl groups excluding tert-OH is 2. The molecule has 4 N–H and O–H groups in total. The van der Waals surface area contributed by atoms with Gasteiger partial charge in [-0.3, -0.25) is 18.6 Å². The molecule has 0 spiro atoms. The molecule has 0 saturated carbocycles. The van der Waals surface area contributed by atoms with Gasteiger partial charge in [0.2, 0.25) is 5.91 Å². The van der Waals surface area contributed by atoms with Crippen molar-refractivity contribution in [1.29, 1.82) is 0 Å². The number of unbranched alkanes of at least 4 members (excludes halogenated alkanes) is 13. The number of nitrogens with one attached hydrogen (secondary N) is 1. The van der Waals surface area contributed by atoms with Crippen molar-refractivity contribution in [2.24, 2.45) is 11.8 Å². The first-order valence-electron chi connectivity index (χ1n) is 20.6. The van der Waals surface area contributed by atoms with Gasteiger partial charge >= 0.3 is 7.82 Å². The predicted octanol–water partition coefficient (Wildman–Crippen LogP) is 8.52. The van der Waals surface area contributed by atoms with E-state index in [0.29, 0.717) is 36.7 Å². The van der Waals surface area contributed by atoms with Crippen molar-refractivity contribution in [2.45, 2.75) is 154 Å². The van der Waals surface area contributed by atoms with E-state index >= 15 is 0 Å². The van der Waals surface area contributed by atoms with Crippen LogP contribution >= 0.6 is 7.82 Å². The molecule has 0 radical (unpaired) electrons. The van der Waals surface area contributed by atoms with Crippen LogP contribution in [0, 0.1) is 11.8 Å². The first-order valence-corrected chi connectivity index (χ1v) is 22.1. The lowest BCUT2D eigenvalue weighted by atomic mass is 9.90. The van der Waals surface area contributed by atoms with Gasteiger partial charge in [0.1, 0.15) is 13.2 Å². The third-order valence-corrected chi connectivity index (χ3v) is 10.5. The third-order valence-electron chi connectivity index (χ3n) is 9.54. The van der Waals surface area contributed by atoms with Crippen molar-refractivity contribution in [3.63, 3.8) is 0 Å². The number of aliphatic hydroxyl groups is 2. The van der Waals surface area contributed by atoms with E-state index in [9.17, 15) is 29.3 Å². The first-order chi connectivity index (χ1) is 25.3. The number of hydrogen-bond acceptors (Lipinski definition) is 7. The van der Waals surface area contributed by atoms with Gasteiger partial charge in [-0.15, -0.1) is 0 Å². The molecule has 0 fully saturated rings. The van der Waals surface area contributed by atoms with Crippen molar-refractivity contribution in [1.82, 2.24) is 5.32 Å². The van der Waals surface area contributed by atoms with E-state index in [1.54, 1.807) is 18.2 Å². The number of carbonyl (C=O) groups excluding carboxylic acids is 2.